The summed E-state index contributed by atoms with van der Waals surface area (Å²) >= 11 is 8.76. The van der Waals surface area contributed by atoms with E-state index in [0.717, 1.165) is 6.26 Å². The first-order chi connectivity index (χ1) is 8.12. The lowest BCUT2D eigenvalue weighted by Gasteiger charge is -2.07. The van der Waals surface area contributed by atoms with Gasteiger partial charge in [0.05, 0.1) is 5.75 Å². The van der Waals surface area contributed by atoms with Gasteiger partial charge in [0.25, 0.3) is 0 Å². The predicted molar refractivity (Wildman–Crippen MR) is 71.8 cm³/mol. The number of sulfone groups is 1. The van der Waals surface area contributed by atoms with Crippen LogP contribution in [-0.4, -0.2) is 40.4 Å². The van der Waals surface area contributed by atoms with Crippen molar-refractivity contribution in [3.8, 4) is 0 Å². The SMILES string of the molecule is CS(=O)(=O)CCNS(=O)(=O)c1cc(Br)cnc1Cl. The molecule has 0 amide bonds. The standard InChI is InChI=1S/C8H10BrClN2O4S2/c1-17(13,14)3-2-12-18(15,16)7-4-6(9)5-11-8(7)10/h4-5,12H,2-3H2,1H3. The topological polar surface area (TPSA) is 93.2 Å². The number of hydrogen-bond donors (Lipinski definition) is 1. The molecule has 10 heteroatoms. The molecular formula is C8H10BrClN2O4S2. The lowest BCUT2D eigenvalue weighted by molar-refractivity contribution is 0.581. The van der Waals surface area contributed by atoms with Crippen LogP contribution in [0.15, 0.2) is 21.6 Å². The molecule has 1 aromatic heterocycles. The van der Waals surface area contributed by atoms with Crippen molar-refractivity contribution in [3.63, 3.8) is 0 Å². The molecule has 0 aromatic carbocycles. The van der Waals surface area contributed by atoms with E-state index < -0.39 is 19.9 Å². The highest BCUT2D eigenvalue weighted by Gasteiger charge is 2.19. The smallest absolute Gasteiger partial charge is 0.242 e. The van der Waals surface area contributed by atoms with Crippen LogP contribution in [0.5, 0.6) is 0 Å². The normalized spacial score (nSPS) is 12.6. The zero-order chi connectivity index (χ0) is 14.0. The molecular weight excluding hydrogens is 368 g/mol. The Morgan fingerprint density at radius 3 is 2.56 bits per heavy atom. The molecule has 0 aliphatic carbocycles. The molecule has 1 N–H and O–H groups in total. The van der Waals surface area contributed by atoms with Crippen LogP contribution in [0, 0.1) is 0 Å². The van der Waals surface area contributed by atoms with E-state index in [2.05, 4.69) is 25.6 Å². The summed E-state index contributed by atoms with van der Waals surface area (Å²) < 4.78 is 48.1. The minimum atomic E-state index is -3.87. The molecule has 1 heterocycles. The van der Waals surface area contributed by atoms with E-state index >= 15 is 0 Å². The van der Waals surface area contributed by atoms with Crippen molar-refractivity contribution >= 4 is 47.4 Å². The third-order valence-electron chi connectivity index (χ3n) is 1.83. The van der Waals surface area contributed by atoms with Crippen molar-refractivity contribution in [2.45, 2.75) is 4.90 Å². The highest BCUT2D eigenvalue weighted by molar-refractivity contribution is 9.10. The number of sulfonamides is 1. The van der Waals surface area contributed by atoms with Gasteiger partial charge in [-0.25, -0.2) is 26.5 Å². The molecule has 0 bridgehead atoms. The van der Waals surface area contributed by atoms with Gasteiger partial charge in [-0.15, -0.1) is 0 Å². The summed E-state index contributed by atoms with van der Waals surface area (Å²) in [5, 5.41) is -0.176. The predicted octanol–water partition coefficient (Wildman–Crippen LogP) is 0.820. The summed E-state index contributed by atoms with van der Waals surface area (Å²) in [5.41, 5.74) is 0. The maximum atomic E-state index is 11.8. The van der Waals surface area contributed by atoms with Crippen LogP contribution in [0.3, 0.4) is 0 Å². The molecule has 0 saturated heterocycles. The van der Waals surface area contributed by atoms with Crippen molar-refractivity contribution in [3.05, 3.63) is 21.9 Å². The number of pyridine rings is 1. The fraction of sp³-hybridized carbons (Fsp3) is 0.375. The summed E-state index contributed by atoms with van der Waals surface area (Å²) in [5.74, 6) is -0.286. The zero-order valence-corrected chi connectivity index (χ0v) is 13.2. The monoisotopic (exact) mass is 376 g/mol. The van der Waals surface area contributed by atoms with Crippen LogP contribution in [-0.2, 0) is 19.9 Å². The largest absolute Gasteiger partial charge is 0.243 e. The third-order valence-corrected chi connectivity index (χ3v) is 5.09. The molecule has 102 valence electrons. The lowest BCUT2D eigenvalue weighted by Crippen LogP contribution is -2.29. The van der Waals surface area contributed by atoms with Crippen LogP contribution in [0.1, 0.15) is 0 Å². The molecule has 0 aliphatic heterocycles. The molecule has 6 nitrogen and oxygen atoms in total. The van der Waals surface area contributed by atoms with Gasteiger partial charge in [0.15, 0.2) is 0 Å². The quantitative estimate of drug-likeness (QED) is 0.767. The fourth-order valence-corrected chi connectivity index (χ4v) is 3.61. The summed E-state index contributed by atoms with van der Waals surface area (Å²) in [6.45, 7) is -0.218. The molecule has 0 atom stereocenters. The van der Waals surface area contributed by atoms with Gasteiger partial charge in [-0.05, 0) is 22.0 Å². The number of nitrogens with one attached hydrogen (secondary N) is 1. The van der Waals surface area contributed by atoms with Crippen molar-refractivity contribution in [2.24, 2.45) is 0 Å². The highest BCUT2D eigenvalue weighted by Crippen LogP contribution is 2.22. The van der Waals surface area contributed by atoms with E-state index in [0.29, 0.717) is 4.47 Å². The molecule has 0 unspecified atom stereocenters. The fourth-order valence-electron chi connectivity index (χ4n) is 1.03. The number of nitrogens with zero attached hydrogens (tertiary/aromatic N) is 1. The second kappa shape index (κ2) is 5.83. The van der Waals surface area contributed by atoms with Crippen molar-refractivity contribution in [2.75, 3.05) is 18.6 Å². The van der Waals surface area contributed by atoms with Crippen LogP contribution in [0.2, 0.25) is 5.15 Å². The maximum absolute atomic E-state index is 11.8. The Bertz CT molecular complexity index is 645. The number of hydrogen-bond acceptors (Lipinski definition) is 5. The minimum Gasteiger partial charge on any atom is -0.242 e. The molecule has 0 saturated carbocycles. The molecule has 1 rings (SSSR count). The van der Waals surface area contributed by atoms with Crippen LogP contribution < -0.4 is 4.72 Å². The van der Waals surface area contributed by atoms with E-state index in [-0.39, 0.29) is 22.3 Å². The van der Waals surface area contributed by atoms with E-state index in [1.54, 1.807) is 0 Å². The second-order valence-corrected chi connectivity index (χ2v) is 8.74. The molecule has 0 spiro atoms. The summed E-state index contributed by atoms with van der Waals surface area (Å²) in [7, 11) is -7.11. The van der Waals surface area contributed by atoms with Gasteiger partial charge in [-0.3, -0.25) is 0 Å². The van der Waals surface area contributed by atoms with Gasteiger partial charge in [0.2, 0.25) is 10.0 Å². The Hall–Kier alpha value is -0.220. The number of halogens is 2. The van der Waals surface area contributed by atoms with Crippen LogP contribution in [0.4, 0.5) is 0 Å². The Kier molecular flexibility index (Phi) is 5.13. The number of rotatable bonds is 5. The molecule has 18 heavy (non-hydrogen) atoms. The Balaban J connectivity index is 2.90. The average molecular weight is 378 g/mol. The Morgan fingerprint density at radius 2 is 2.00 bits per heavy atom. The average Bonchev–Trinajstić information content (AvgIpc) is 2.19. The van der Waals surface area contributed by atoms with E-state index in [4.69, 9.17) is 11.6 Å². The van der Waals surface area contributed by atoms with E-state index in [1.807, 2.05) is 0 Å². The first-order valence-electron chi connectivity index (χ1n) is 4.60. The van der Waals surface area contributed by atoms with Crippen molar-refractivity contribution in [1.29, 1.82) is 0 Å². The first-order valence-corrected chi connectivity index (χ1v) is 9.32. The first kappa shape index (κ1) is 15.8. The van der Waals surface area contributed by atoms with Gasteiger partial charge < -0.3 is 0 Å². The van der Waals surface area contributed by atoms with Gasteiger partial charge in [0, 0.05) is 23.5 Å². The van der Waals surface area contributed by atoms with Gasteiger partial charge in [-0.1, -0.05) is 11.6 Å². The number of aromatic nitrogens is 1. The lowest BCUT2D eigenvalue weighted by atomic mass is 10.5. The zero-order valence-electron chi connectivity index (χ0n) is 9.22. The third kappa shape index (κ3) is 4.81. The van der Waals surface area contributed by atoms with Crippen LogP contribution in [0.25, 0.3) is 0 Å². The highest BCUT2D eigenvalue weighted by atomic mass is 79.9. The van der Waals surface area contributed by atoms with Crippen LogP contribution >= 0.6 is 27.5 Å². The summed E-state index contributed by atoms with van der Waals surface area (Å²) in [4.78, 5) is 3.48. The second-order valence-electron chi connectivity index (χ2n) is 3.47. The summed E-state index contributed by atoms with van der Waals surface area (Å²) in [6, 6.07) is 1.29. The molecule has 0 fully saturated rings. The maximum Gasteiger partial charge on any atom is 0.243 e. The van der Waals surface area contributed by atoms with Crippen molar-refractivity contribution in [1.82, 2.24) is 9.71 Å². The minimum absolute atomic E-state index is 0.176. The van der Waals surface area contributed by atoms with E-state index in [9.17, 15) is 16.8 Å². The Morgan fingerprint density at radius 1 is 1.39 bits per heavy atom. The molecule has 1 aromatic rings. The van der Waals surface area contributed by atoms with Gasteiger partial charge in [-0.2, -0.15) is 0 Å². The Labute approximate surface area is 119 Å². The summed E-state index contributed by atoms with van der Waals surface area (Å²) in [6.07, 6.45) is 2.38. The molecule has 0 radical (unpaired) electrons. The molecule has 0 aliphatic rings. The van der Waals surface area contributed by atoms with E-state index in [1.165, 1.54) is 12.3 Å². The van der Waals surface area contributed by atoms with Gasteiger partial charge >= 0.3 is 0 Å². The van der Waals surface area contributed by atoms with Crippen molar-refractivity contribution < 1.29 is 16.8 Å². The van der Waals surface area contributed by atoms with Gasteiger partial charge in [0.1, 0.15) is 19.9 Å².